The number of carbonyl (C=O) groups excluding carboxylic acids is 1. The lowest BCUT2D eigenvalue weighted by Crippen LogP contribution is -2.51. The van der Waals surface area contributed by atoms with Gasteiger partial charge in [0.05, 0.1) is 27.7 Å². The Bertz CT molecular complexity index is 143. The van der Waals surface area contributed by atoms with Crippen molar-refractivity contribution < 1.29 is 14.0 Å². The van der Waals surface area contributed by atoms with Crippen LogP contribution in [0.5, 0.6) is 0 Å². The smallest absolute Gasteiger partial charge is 0.364 e. The van der Waals surface area contributed by atoms with Crippen molar-refractivity contribution in [3.05, 3.63) is 0 Å². The average Bonchev–Trinajstić information content (AvgIpc) is 2.01. The second-order valence-corrected chi connectivity index (χ2v) is 3.29. The molecule has 0 aromatic rings. The standard InChI is InChI=1S/C8H18NO2/c1-6-9(3,4)7(2)8(10)11-5/h7H,6H2,1-5H3/q+1. The molecular weight excluding hydrogens is 142 g/mol. The van der Waals surface area contributed by atoms with E-state index < -0.39 is 0 Å². The molecule has 3 nitrogen and oxygen atoms in total. The van der Waals surface area contributed by atoms with Gasteiger partial charge in [-0.2, -0.15) is 0 Å². The fraction of sp³-hybridized carbons (Fsp3) is 0.875. The van der Waals surface area contributed by atoms with Gasteiger partial charge in [0.2, 0.25) is 0 Å². The maximum atomic E-state index is 11.1. The summed E-state index contributed by atoms with van der Waals surface area (Å²) in [6.45, 7) is 4.87. The van der Waals surface area contributed by atoms with Crippen LogP contribution in [-0.2, 0) is 9.53 Å². The molecule has 0 heterocycles. The predicted octanol–water partition coefficient (Wildman–Crippen LogP) is 0.644. The summed E-state index contributed by atoms with van der Waals surface area (Å²) in [4.78, 5) is 11.1. The predicted molar refractivity (Wildman–Crippen MR) is 44.1 cm³/mol. The maximum absolute atomic E-state index is 11.1. The van der Waals surface area contributed by atoms with E-state index in [1.54, 1.807) is 0 Å². The van der Waals surface area contributed by atoms with Crippen LogP contribution in [0.3, 0.4) is 0 Å². The number of esters is 1. The summed E-state index contributed by atoms with van der Waals surface area (Å²) in [5.74, 6) is -0.142. The highest BCUT2D eigenvalue weighted by atomic mass is 16.5. The summed E-state index contributed by atoms with van der Waals surface area (Å²) in [5.41, 5.74) is 0. The van der Waals surface area contributed by atoms with Crippen molar-refractivity contribution in [2.24, 2.45) is 0 Å². The maximum Gasteiger partial charge on any atom is 0.364 e. The summed E-state index contributed by atoms with van der Waals surface area (Å²) in [7, 11) is 5.46. The van der Waals surface area contributed by atoms with Crippen LogP contribution in [0.25, 0.3) is 0 Å². The van der Waals surface area contributed by atoms with Crippen LogP contribution in [0.15, 0.2) is 0 Å². The lowest BCUT2D eigenvalue weighted by molar-refractivity contribution is -0.903. The van der Waals surface area contributed by atoms with Gasteiger partial charge in [0, 0.05) is 0 Å². The lowest BCUT2D eigenvalue weighted by Gasteiger charge is -2.32. The molecular formula is C8H18NO2+. The molecule has 0 bridgehead atoms. The number of quaternary nitrogens is 1. The monoisotopic (exact) mass is 160 g/mol. The zero-order valence-corrected chi connectivity index (χ0v) is 8.05. The Morgan fingerprint density at radius 1 is 1.55 bits per heavy atom. The third kappa shape index (κ3) is 2.50. The van der Waals surface area contributed by atoms with Crippen molar-refractivity contribution in [1.29, 1.82) is 0 Å². The number of hydrogen-bond donors (Lipinski definition) is 0. The van der Waals surface area contributed by atoms with Crippen molar-refractivity contribution in [2.45, 2.75) is 19.9 Å². The molecule has 0 fully saturated rings. The molecule has 0 aromatic heterocycles. The zero-order valence-electron chi connectivity index (χ0n) is 8.05. The highest BCUT2D eigenvalue weighted by Crippen LogP contribution is 2.06. The van der Waals surface area contributed by atoms with Gasteiger partial charge in [-0.15, -0.1) is 0 Å². The second kappa shape index (κ2) is 3.72. The molecule has 0 aromatic carbocycles. The Morgan fingerprint density at radius 3 is 2.27 bits per heavy atom. The van der Waals surface area contributed by atoms with Gasteiger partial charge in [-0.1, -0.05) is 0 Å². The van der Waals surface area contributed by atoms with Crippen molar-refractivity contribution in [3.8, 4) is 0 Å². The minimum Gasteiger partial charge on any atom is -0.465 e. The van der Waals surface area contributed by atoms with Gasteiger partial charge in [0.1, 0.15) is 0 Å². The van der Waals surface area contributed by atoms with Crippen LogP contribution in [0.4, 0.5) is 0 Å². The van der Waals surface area contributed by atoms with Gasteiger partial charge >= 0.3 is 5.97 Å². The summed E-state index contributed by atoms with van der Waals surface area (Å²) < 4.78 is 5.32. The molecule has 0 radical (unpaired) electrons. The molecule has 0 rings (SSSR count). The van der Waals surface area contributed by atoms with Crippen molar-refractivity contribution in [3.63, 3.8) is 0 Å². The zero-order chi connectivity index (χ0) is 9.07. The SMILES string of the molecule is CC[N+](C)(C)C(C)C(=O)OC. The first-order valence-electron chi connectivity index (χ1n) is 3.86. The van der Waals surface area contributed by atoms with Gasteiger partial charge in [-0.05, 0) is 13.8 Å². The average molecular weight is 160 g/mol. The molecule has 1 unspecified atom stereocenters. The molecule has 0 aliphatic rings. The van der Waals surface area contributed by atoms with Gasteiger partial charge in [0.25, 0.3) is 0 Å². The first-order valence-corrected chi connectivity index (χ1v) is 3.86. The Hall–Kier alpha value is -0.570. The van der Waals surface area contributed by atoms with Crippen LogP contribution in [0, 0.1) is 0 Å². The Kier molecular flexibility index (Phi) is 3.52. The van der Waals surface area contributed by atoms with E-state index >= 15 is 0 Å². The largest absolute Gasteiger partial charge is 0.465 e. The summed E-state index contributed by atoms with van der Waals surface area (Å²) in [5, 5.41) is 0. The number of methoxy groups -OCH3 is 1. The van der Waals surface area contributed by atoms with Crippen molar-refractivity contribution in [2.75, 3.05) is 27.7 Å². The quantitative estimate of drug-likeness (QED) is 0.447. The minimum atomic E-state index is -0.142. The number of carbonyl (C=O) groups is 1. The molecule has 11 heavy (non-hydrogen) atoms. The summed E-state index contributed by atoms with van der Waals surface area (Å²) >= 11 is 0. The van der Waals surface area contributed by atoms with Gasteiger partial charge in [-0.25, -0.2) is 4.79 Å². The van der Waals surface area contributed by atoms with E-state index in [1.165, 1.54) is 7.11 Å². The number of ether oxygens (including phenoxy) is 1. The highest BCUT2D eigenvalue weighted by Gasteiger charge is 2.29. The fourth-order valence-corrected chi connectivity index (χ4v) is 0.730. The third-order valence-electron chi connectivity index (χ3n) is 2.41. The molecule has 0 N–H and O–H groups in total. The normalized spacial score (nSPS) is 14.3. The van der Waals surface area contributed by atoms with E-state index in [0.29, 0.717) is 4.48 Å². The molecule has 0 aliphatic carbocycles. The molecule has 66 valence electrons. The third-order valence-corrected chi connectivity index (χ3v) is 2.41. The van der Waals surface area contributed by atoms with Crippen LogP contribution < -0.4 is 0 Å². The van der Waals surface area contributed by atoms with Gasteiger partial charge in [-0.3, -0.25) is 0 Å². The Balaban J connectivity index is 4.22. The molecule has 0 aliphatic heterocycles. The minimum absolute atomic E-state index is 0.0787. The van der Waals surface area contributed by atoms with Crippen LogP contribution >= 0.6 is 0 Å². The molecule has 1 atom stereocenters. The first kappa shape index (κ1) is 10.4. The second-order valence-electron chi connectivity index (χ2n) is 3.29. The van der Waals surface area contributed by atoms with Crippen LogP contribution in [0.2, 0.25) is 0 Å². The topological polar surface area (TPSA) is 26.3 Å². The van der Waals surface area contributed by atoms with Gasteiger partial charge < -0.3 is 9.22 Å². The summed E-state index contributed by atoms with van der Waals surface area (Å²) in [6.07, 6.45) is 0. The molecule has 3 heteroatoms. The van der Waals surface area contributed by atoms with E-state index in [4.69, 9.17) is 0 Å². The highest BCUT2D eigenvalue weighted by molar-refractivity contribution is 5.73. The first-order chi connectivity index (χ1) is 4.95. The number of hydrogen-bond acceptors (Lipinski definition) is 2. The summed E-state index contributed by atoms with van der Waals surface area (Å²) in [6, 6.07) is -0.0787. The van der Waals surface area contributed by atoms with Crippen molar-refractivity contribution in [1.82, 2.24) is 0 Å². The van der Waals surface area contributed by atoms with E-state index in [2.05, 4.69) is 11.7 Å². The van der Waals surface area contributed by atoms with Crippen molar-refractivity contribution >= 4 is 5.97 Å². The lowest BCUT2D eigenvalue weighted by atomic mass is 10.2. The molecule has 0 saturated heterocycles. The Morgan fingerprint density at radius 2 is 2.00 bits per heavy atom. The molecule has 0 saturated carbocycles. The van der Waals surface area contributed by atoms with E-state index in [-0.39, 0.29) is 12.0 Å². The molecule has 0 amide bonds. The fourth-order valence-electron chi connectivity index (χ4n) is 0.730. The number of nitrogens with zero attached hydrogens (tertiary/aromatic N) is 1. The number of likely N-dealkylation sites (N-methyl/N-ethyl adjacent to an activating group) is 1. The Labute approximate surface area is 68.5 Å². The van der Waals surface area contributed by atoms with Gasteiger partial charge in [0.15, 0.2) is 6.04 Å². The van der Waals surface area contributed by atoms with E-state index in [1.807, 2.05) is 21.0 Å². The van der Waals surface area contributed by atoms with Crippen LogP contribution in [0.1, 0.15) is 13.8 Å². The van der Waals surface area contributed by atoms with Crippen LogP contribution in [-0.4, -0.2) is 44.2 Å². The van der Waals surface area contributed by atoms with E-state index in [9.17, 15) is 4.79 Å². The van der Waals surface area contributed by atoms with E-state index in [0.717, 1.165) is 6.54 Å². The molecule has 0 spiro atoms. The number of rotatable bonds is 3.